The number of aromatic nitrogens is 2. The monoisotopic (exact) mass is 207 g/mol. The van der Waals surface area contributed by atoms with Crippen molar-refractivity contribution in [3.63, 3.8) is 0 Å². The fraction of sp³-hybridized carbons (Fsp3) is 0.625. The van der Waals surface area contributed by atoms with E-state index in [2.05, 4.69) is 5.10 Å². The van der Waals surface area contributed by atoms with Crippen molar-refractivity contribution in [2.24, 2.45) is 5.73 Å². The van der Waals surface area contributed by atoms with Crippen LogP contribution in [-0.2, 0) is 12.6 Å². The first-order valence-electron chi connectivity index (χ1n) is 4.26. The maximum absolute atomic E-state index is 12.3. The number of alkyl halides is 3. The van der Waals surface area contributed by atoms with Crippen LogP contribution in [0.25, 0.3) is 0 Å². The Morgan fingerprint density at radius 1 is 1.57 bits per heavy atom. The van der Waals surface area contributed by atoms with Gasteiger partial charge >= 0.3 is 6.18 Å². The molecule has 1 atom stereocenters. The predicted octanol–water partition coefficient (Wildman–Crippen LogP) is 1.71. The minimum absolute atomic E-state index is 0.106. The second kappa shape index (κ2) is 4.00. The smallest absolute Gasteiger partial charge is 0.328 e. The van der Waals surface area contributed by atoms with Gasteiger partial charge < -0.3 is 5.73 Å². The Hall–Kier alpha value is -1.04. The second-order valence-corrected chi connectivity index (χ2v) is 3.28. The van der Waals surface area contributed by atoms with Crippen molar-refractivity contribution in [1.29, 1.82) is 0 Å². The van der Waals surface area contributed by atoms with Crippen LogP contribution in [0.5, 0.6) is 0 Å². The van der Waals surface area contributed by atoms with Gasteiger partial charge in [-0.05, 0) is 19.8 Å². The average Bonchev–Trinajstić information content (AvgIpc) is 2.46. The van der Waals surface area contributed by atoms with Gasteiger partial charge in [0, 0.05) is 11.6 Å². The standard InChI is InChI=1S/C8H12F3N3/c1-5(12)2-3-6-4-13-14-7(6)8(9,10)11/h4-5H,2-3,12H2,1H3,(H,13,14)/t5-/m0/s1. The Morgan fingerprint density at radius 2 is 2.21 bits per heavy atom. The van der Waals surface area contributed by atoms with Gasteiger partial charge in [-0.3, -0.25) is 5.10 Å². The molecule has 0 saturated heterocycles. The Balaban J connectivity index is 2.73. The van der Waals surface area contributed by atoms with E-state index < -0.39 is 11.9 Å². The molecule has 0 aromatic carbocycles. The number of H-pyrrole nitrogens is 1. The third-order valence-electron chi connectivity index (χ3n) is 1.87. The van der Waals surface area contributed by atoms with Crippen molar-refractivity contribution < 1.29 is 13.2 Å². The number of aromatic amines is 1. The molecular formula is C8H12F3N3. The minimum atomic E-state index is -4.36. The van der Waals surface area contributed by atoms with E-state index in [-0.39, 0.29) is 11.6 Å². The number of aryl methyl sites for hydroxylation is 1. The molecule has 0 aliphatic carbocycles. The highest BCUT2D eigenvalue weighted by Crippen LogP contribution is 2.30. The van der Waals surface area contributed by atoms with E-state index in [9.17, 15) is 13.2 Å². The Kier molecular flexibility index (Phi) is 3.15. The van der Waals surface area contributed by atoms with Gasteiger partial charge in [0.2, 0.25) is 0 Å². The summed E-state index contributed by atoms with van der Waals surface area (Å²) >= 11 is 0. The summed E-state index contributed by atoms with van der Waals surface area (Å²) in [5.41, 5.74) is 4.87. The molecule has 0 amide bonds. The maximum atomic E-state index is 12.3. The number of nitrogens with zero attached hydrogens (tertiary/aromatic N) is 1. The molecule has 3 nitrogen and oxygen atoms in total. The van der Waals surface area contributed by atoms with E-state index in [1.165, 1.54) is 6.20 Å². The molecule has 0 fully saturated rings. The molecule has 6 heteroatoms. The molecule has 1 aromatic heterocycles. The van der Waals surface area contributed by atoms with E-state index in [1.807, 2.05) is 5.10 Å². The van der Waals surface area contributed by atoms with E-state index in [4.69, 9.17) is 5.73 Å². The fourth-order valence-electron chi connectivity index (χ4n) is 1.13. The molecule has 14 heavy (non-hydrogen) atoms. The van der Waals surface area contributed by atoms with Crippen LogP contribution in [0.3, 0.4) is 0 Å². The molecule has 3 N–H and O–H groups in total. The lowest BCUT2D eigenvalue weighted by atomic mass is 10.1. The van der Waals surface area contributed by atoms with Crippen molar-refractivity contribution in [1.82, 2.24) is 10.2 Å². The van der Waals surface area contributed by atoms with E-state index in [1.54, 1.807) is 6.92 Å². The van der Waals surface area contributed by atoms with Gasteiger partial charge in [-0.1, -0.05) is 0 Å². The summed E-state index contributed by atoms with van der Waals surface area (Å²) < 4.78 is 36.9. The van der Waals surface area contributed by atoms with Crippen LogP contribution in [-0.4, -0.2) is 16.2 Å². The van der Waals surface area contributed by atoms with Crippen molar-refractivity contribution >= 4 is 0 Å². The van der Waals surface area contributed by atoms with Gasteiger partial charge in [0.25, 0.3) is 0 Å². The SMILES string of the molecule is C[C@H](N)CCc1cn[nH]c1C(F)(F)F. The Labute approximate surface area is 79.5 Å². The molecule has 0 unspecified atom stereocenters. The van der Waals surface area contributed by atoms with Crippen molar-refractivity contribution in [3.05, 3.63) is 17.5 Å². The summed E-state index contributed by atoms with van der Waals surface area (Å²) in [6.45, 7) is 1.76. The molecule has 1 rings (SSSR count). The van der Waals surface area contributed by atoms with E-state index in [0.29, 0.717) is 12.8 Å². The Bertz CT molecular complexity index is 290. The zero-order valence-corrected chi connectivity index (χ0v) is 7.73. The fourth-order valence-corrected chi connectivity index (χ4v) is 1.13. The summed E-state index contributed by atoms with van der Waals surface area (Å²) in [7, 11) is 0. The normalized spacial score (nSPS) is 14.4. The topological polar surface area (TPSA) is 54.7 Å². The highest BCUT2D eigenvalue weighted by Gasteiger charge is 2.35. The average molecular weight is 207 g/mol. The number of rotatable bonds is 3. The van der Waals surface area contributed by atoms with Gasteiger partial charge in [0.05, 0.1) is 6.20 Å². The number of nitrogens with one attached hydrogen (secondary N) is 1. The highest BCUT2D eigenvalue weighted by molar-refractivity contribution is 5.19. The molecule has 0 radical (unpaired) electrons. The summed E-state index contributed by atoms with van der Waals surface area (Å²) in [4.78, 5) is 0. The van der Waals surface area contributed by atoms with Crippen LogP contribution in [0.1, 0.15) is 24.6 Å². The van der Waals surface area contributed by atoms with Crippen LogP contribution < -0.4 is 5.73 Å². The minimum Gasteiger partial charge on any atom is -0.328 e. The van der Waals surface area contributed by atoms with Crippen LogP contribution in [0.4, 0.5) is 13.2 Å². The second-order valence-electron chi connectivity index (χ2n) is 3.28. The summed E-state index contributed by atoms with van der Waals surface area (Å²) in [5.74, 6) is 0. The molecule has 80 valence electrons. The lowest BCUT2D eigenvalue weighted by molar-refractivity contribution is -0.141. The molecule has 0 saturated carbocycles. The summed E-state index contributed by atoms with van der Waals surface area (Å²) in [6, 6.07) is -0.106. The molecule has 1 heterocycles. The molecule has 0 aliphatic heterocycles. The Morgan fingerprint density at radius 3 is 2.71 bits per heavy atom. The van der Waals surface area contributed by atoms with E-state index >= 15 is 0 Å². The first-order chi connectivity index (χ1) is 6.41. The molecule has 0 aliphatic rings. The predicted molar refractivity (Wildman–Crippen MR) is 45.6 cm³/mol. The van der Waals surface area contributed by atoms with Crippen LogP contribution in [0.2, 0.25) is 0 Å². The van der Waals surface area contributed by atoms with Crippen LogP contribution in [0, 0.1) is 0 Å². The van der Waals surface area contributed by atoms with Gasteiger partial charge in [-0.15, -0.1) is 0 Å². The number of hydrogen-bond donors (Lipinski definition) is 2. The lowest BCUT2D eigenvalue weighted by Crippen LogP contribution is -2.16. The van der Waals surface area contributed by atoms with Crippen molar-refractivity contribution in [2.75, 3.05) is 0 Å². The highest BCUT2D eigenvalue weighted by atomic mass is 19.4. The van der Waals surface area contributed by atoms with Crippen LogP contribution >= 0.6 is 0 Å². The lowest BCUT2D eigenvalue weighted by Gasteiger charge is -2.07. The van der Waals surface area contributed by atoms with Gasteiger partial charge in [0.15, 0.2) is 0 Å². The first-order valence-corrected chi connectivity index (χ1v) is 4.26. The van der Waals surface area contributed by atoms with Crippen molar-refractivity contribution in [3.8, 4) is 0 Å². The van der Waals surface area contributed by atoms with Crippen molar-refractivity contribution in [2.45, 2.75) is 32.0 Å². The summed E-state index contributed by atoms with van der Waals surface area (Å²) in [5, 5.41) is 5.33. The quantitative estimate of drug-likeness (QED) is 0.792. The van der Waals surface area contributed by atoms with Gasteiger partial charge in [-0.2, -0.15) is 18.3 Å². The third kappa shape index (κ3) is 2.73. The number of halogens is 3. The summed E-state index contributed by atoms with van der Waals surface area (Å²) in [6.07, 6.45) is -2.35. The maximum Gasteiger partial charge on any atom is 0.433 e. The first kappa shape index (κ1) is 11.0. The van der Waals surface area contributed by atoms with Gasteiger partial charge in [0.1, 0.15) is 5.69 Å². The van der Waals surface area contributed by atoms with E-state index in [0.717, 1.165) is 0 Å². The number of hydrogen-bond acceptors (Lipinski definition) is 2. The molecule has 0 spiro atoms. The van der Waals surface area contributed by atoms with Gasteiger partial charge in [-0.25, -0.2) is 0 Å². The zero-order valence-electron chi connectivity index (χ0n) is 7.73. The molecule has 1 aromatic rings. The van der Waals surface area contributed by atoms with Crippen LogP contribution in [0.15, 0.2) is 6.20 Å². The molecular weight excluding hydrogens is 195 g/mol. The number of nitrogens with two attached hydrogens (primary N) is 1. The molecule has 0 bridgehead atoms. The third-order valence-corrected chi connectivity index (χ3v) is 1.87. The largest absolute Gasteiger partial charge is 0.433 e. The zero-order chi connectivity index (χ0) is 10.8.